The maximum atomic E-state index is 11.5. The van der Waals surface area contributed by atoms with Crippen LogP contribution in [0.25, 0.3) is 0 Å². The van der Waals surface area contributed by atoms with E-state index in [9.17, 15) is 4.79 Å². The van der Waals surface area contributed by atoms with Crippen molar-refractivity contribution in [2.24, 2.45) is 0 Å². The quantitative estimate of drug-likeness (QED) is 0.667. The number of nitrogens with zero attached hydrogens (tertiary/aromatic N) is 2. The van der Waals surface area contributed by atoms with Crippen LogP contribution in [0.15, 0.2) is 18.6 Å². The molecular formula is C10H16N4O2. The Labute approximate surface area is 94.4 Å². The molecule has 1 rings (SSSR count). The minimum atomic E-state index is -0.341. The molecule has 0 aliphatic heterocycles. The SMILES string of the molecule is COCCNC(=O)C(C)Nc1ccncn1. The van der Waals surface area contributed by atoms with Gasteiger partial charge < -0.3 is 15.4 Å². The van der Waals surface area contributed by atoms with Gasteiger partial charge in [-0.1, -0.05) is 0 Å². The Morgan fingerprint density at radius 3 is 3.06 bits per heavy atom. The second-order valence-corrected chi connectivity index (χ2v) is 3.24. The van der Waals surface area contributed by atoms with E-state index in [1.165, 1.54) is 6.33 Å². The second kappa shape index (κ2) is 6.73. The first-order chi connectivity index (χ1) is 7.74. The zero-order valence-corrected chi connectivity index (χ0v) is 9.43. The molecule has 6 heteroatoms. The number of amides is 1. The fourth-order valence-corrected chi connectivity index (χ4v) is 1.09. The third kappa shape index (κ3) is 4.22. The number of rotatable bonds is 6. The molecule has 1 aromatic heterocycles. The standard InChI is InChI=1S/C10H16N4O2/c1-8(10(15)12-5-6-16-2)14-9-3-4-11-7-13-9/h3-4,7-8H,5-6H2,1-2H3,(H,12,15)(H,11,13,14). The highest BCUT2D eigenvalue weighted by Crippen LogP contribution is 2.00. The van der Waals surface area contributed by atoms with Gasteiger partial charge in [-0.2, -0.15) is 0 Å². The summed E-state index contributed by atoms with van der Waals surface area (Å²) >= 11 is 0. The molecule has 0 fully saturated rings. The number of carbonyl (C=O) groups is 1. The van der Waals surface area contributed by atoms with Crippen LogP contribution in [0.5, 0.6) is 0 Å². The van der Waals surface area contributed by atoms with Crippen LogP contribution in [0.2, 0.25) is 0 Å². The lowest BCUT2D eigenvalue weighted by Crippen LogP contribution is -2.39. The van der Waals surface area contributed by atoms with Crippen molar-refractivity contribution >= 4 is 11.7 Å². The Kier molecular flexibility index (Phi) is 5.21. The minimum Gasteiger partial charge on any atom is -0.383 e. The summed E-state index contributed by atoms with van der Waals surface area (Å²) in [5.41, 5.74) is 0. The summed E-state index contributed by atoms with van der Waals surface area (Å²) in [6.45, 7) is 2.78. The van der Waals surface area contributed by atoms with Crippen molar-refractivity contribution in [2.75, 3.05) is 25.6 Å². The van der Waals surface area contributed by atoms with Crippen LogP contribution in [0.1, 0.15) is 6.92 Å². The zero-order chi connectivity index (χ0) is 11.8. The monoisotopic (exact) mass is 224 g/mol. The van der Waals surface area contributed by atoms with Gasteiger partial charge in [-0.15, -0.1) is 0 Å². The van der Waals surface area contributed by atoms with E-state index < -0.39 is 0 Å². The van der Waals surface area contributed by atoms with Crippen LogP contribution >= 0.6 is 0 Å². The maximum Gasteiger partial charge on any atom is 0.242 e. The number of ether oxygens (including phenoxy) is 1. The molecule has 0 spiro atoms. The lowest BCUT2D eigenvalue weighted by molar-refractivity contribution is -0.121. The van der Waals surface area contributed by atoms with E-state index in [1.807, 2.05) is 0 Å². The highest BCUT2D eigenvalue weighted by atomic mass is 16.5. The van der Waals surface area contributed by atoms with E-state index in [2.05, 4.69) is 20.6 Å². The third-order valence-electron chi connectivity index (χ3n) is 1.95. The largest absolute Gasteiger partial charge is 0.383 e. The Morgan fingerprint density at radius 1 is 1.62 bits per heavy atom. The molecule has 88 valence electrons. The van der Waals surface area contributed by atoms with Crippen molar-refractivity contribution in [3.05, 3.63) is 18.6 Å². The molecule has 2 N–H and O–H groups in total. The highest BCUT2D eigenvalue weighted by molar-refractivity contribution is 5.83. The summed E-state index contributed by atoms with van der Waals surface area (Å²) in [6, 6.07) is 1.37. The molecule has 1 amide bonds. The molecule has 1 heterocycles. The van der Waals surface area contributed by atoms with Crippen LogP contribution in [-0.4, -0.2) is 42.2 Å². The van der Waals surface area contributed by atoms with Crippen molar-refractivity contribution in [2.45, 2.75) is 13.0 Å². The van der Waals surface area contributed by atoms with Crippen LogP contribution in [0, 0.1) is 0 Å². The van der Waals surface area contributed by atoms with Crippen molar-refractivity contribution in [3.63, 3.8) is 0 Å². The number of hydrogen-bond acceptors (Lipinski definition) is 5. The molecule has 0 bridgehead atoms. The van der Waals surface area contributed by atoms with Crippen LogP contribution in [0.3, 0.4) is 0 Å². The molecule has 6 nitrogen and oxygen atoms in total. The highest BCUT2D eigenvalue weighted by Gasteiger charge is 2.11. The van der Waals surface area contributed by atoms with Crippen molar-refractivity contribution in [3.8, 4) is 0 Å². The third-order valence-corrected chi connectivity index (χ3v) is 1.95. The average Bonchev–Trinajstić information content (AvgIpc) is 2.30. The number of aromatic nitrogens is 2. The lowest BCUT2D eigenvalue weighted by atomic mass is 10.3. The van der Waals surface area contributed by atoms with Gasteiger partial charge in [0.1, 0.15) is 18.2 Å². The van der Waals surface area contributed by atoms with Crippen LogP contribution in [-0.2, 0) is 9.53 Å². The molecule has 0 aromatic carbocycles. The van der Waals surface area contributed by atoms with E-state index in [0.29, 0.717) is 19.0 Å². The summed E-state index contributed by atoms with van der Waals surface area (Å²) in [5.74, 6) is 0.542. The average molecular weight is 224 g/mol. The molecule has 0 aliphatic carbocycles. The van der Waals surface area contributed by atoms with E-state index in [0.717, 1.165) is 0 Å². The molecule has 16 heavy (non-hydrogen) atoms. The van der Waals surface area contributed by atoms with Gasteiger partial charge in [-0.3, -0.25) is 4.79 Å². The van der Waals surface area contributed by atoms with Gasteiger partial charge in [-0.05, 0) is 13.0 Å². The van der Waals surface area contributed by atoms with Gasteiger partial charge in [0.05, 0.1) is 6.61 Å². The Balaban J connectivity index is 2.34. The second-order valence-electron chi connectivity index (χ2n) is 3.24. The summed E-state index contributed by atoms with van der Waals surface area (Å²) in [5, 5.41) is 5.70. The smallest absolute Gasteiger partial charge is 0.242 e. The van der Waals surface area contributed by atoms with Gasteiger partial charge in [0.15, 0.2) is 0 Å². The van der Waals surface area contributed by atoms with Gasteiger partial charge in [0.25, 0.3) is 0 Å². The molecule has 0 radical (unpaired) electrons. The van der Waals surface area contributed by atoms with Gasteiger partial charge >= 0.3 is 0 Å². The van der Waals surface area contributed by atoms with Gasteiger partial charge in [-0.25, -0.2) is 9.97 Å². The summed E-state index contributed by atoms with van der Waals surface area (Å²) < 4.78 is 4.83. The molecule has 0 saturated heterocycles. The summed E-state index contributed by atoms with van der Waals surface area (Å²) in [6.07, 6.45) is 3.04. The number of hydrogen-bond donors (Lipinski definition) is 2. The molecule has 1 aromatic rings. The summed E-state index contributed by atoms with van der Waals surface area (Å²) in [4.78, 5) is 19.3. The zero-order valence-electron chi connectivity index (χ0n) is 9.43. The van der Waals surface area contributed by atoms with E-state index in [4.69, 9.17) is 4.74 Å². The van der Waals surface area contributed by atoms with Crippen molar-refractivity contribution in [1.82, 2.24) is 15.3 Å². The summed E-state index contributed by atoms with van der Waals surface area (Å²) in [7, 11) is 1.59. The number of carbonyl (C=O) groups excluding carboxylic acids is 1. The molecule has 1 atom stereocenters. The molecule has 1 unspecified atom stereocenters. The fraction of sp³-hybridized carbons (Fsp3) is 0.500. The predicted molar refractivity (Wildman–Crippen MR) is 60.0 cm³/mol. The Hall–Kier alpha value is -1.69. The fourth-order valence-electron chi connectivity index (χ4n) is 1.09. The van der Waals surface area contributed by atoms with Crippen LogP contribution < -0.4 is 10.6 Å². The van der Waals surface area contributed by atoms with E-state index in [1.54, 1.807) is 26.3 Å². The first-order valence-electron chi connectivity index (χ1n) is 5.03. The Bertz CT molecular complexity index is 318. The lowest BCUT2D eigenvalue weighted by Gasteiger charge is -2.13. The van der Waals surface area contributed by atoms with Gasteiger partial charge in [0, 0.05) is 19.9 Å². The van der Waals surface area contributed by atoms with Crippen molar-refractivity contribution in [1.29, 1.82) is 0 Å². The van der Waals surface area contributed by atoms with Crippen LogP contribution in [0.4, 0.5) is 5.82 Å². The number of methoxy groups -OCH3 is 1. The molecule has 0 saturated carbocycles. The van der Waals surface area contributed by atoms with Gasteiger partial charge in [0.2, 0.25) is 5.91 Å². The van der Waals surface area contributed by atoms with Crippen molar-refractivity contribution < 1.29 is 9.53 Å². The Morgan fingerprint density at radius 2 is 2.44 bits per heavy atom. The van der Waals surface area contributed by atoms with E-state index in [-0.39, 0.29) is 11.9 Å². The first-order valence-corrected chi connectivity index (χ1v) is 5.03. The minimum absolute atomic E-state index is 0.0873. The molecular weight excluding hydrogens is 208 g/mol. The topological polar surface area (TPSA) is 76.1 Å². The number of nitrogens with one attached hydrogen (secondary N) is 2. The maximum absolute atomic E-state index is 11.5. The van der Waals surface area contributed by atoms with E-state index >= 15 is 0 Å². The molecule has 0 aliphatic rings. The number of anilines is 1. The first kappa shape index (κ1) is 12.4. The normalized spacial score (nSPS) is 11.9. The predicted octanol–water partition coefficient (Wildman–Crippen LogP) is 0.0396.